The lowest BCUT2D eigenvalue weighted by atomic mass is 9.91. The number of carbonyl (C=O) groups is 2. The zero-order chi connectivity index (χ0) is 18.7. The number of ether oxygens (including phenoxy) is 1. The second kappa shape index (κ2) is 7.31. The molecule has 1 aromatic heterocycles. The van der Waals surface area contributed by atoms with Crippen molar-refractivity contribution < 1.29 is 14.3 Å². The predicted molar refractivity (Wildman–Crippen MR) is 95.7 cm³/mol. The van der Waals surface area contributed by atoms with Crippen LogP contribution in [0.4, 0.5) is 5.13 Å². The first-order valence-corrected chi connectivity index (χ1v) is 8.79. The Balaban J connectivity index is 2.00. The minimum atomic E-state index is -0.486. The topological polar surface area (TPSA) is 93.0 Å². The summed E-state index contributed by atoms with van der Waals surface area (Å²) in [5.74, 6) is 1.91. The Morgan fingerprint density at radius 2 is 2.00 bits per heavy atom. The third-order valence-electron chi connectivity index (χ3n) is 3.76. The van der Waals surface area contributed by atoms with Gasteiger partial charge in [-0.05, 0) is 0 Å². The van der Waals surface area contributed by atoms with Crippen LogP contribution in [0.15, 0.2) is 10.2 Å². The highest BCUT2D eigenvalue weighted by molar-refractivity contribution is 7.17. The first-order valence-electron chi connectivity index (χ1n) is 7.98. The molecule has 0 unspecified atom stereocenters. The third kappa shape index (κ3) is 4.86. The molecule has 1 aliphatic heterocycles. The molecule has 0 spiro atoms. The predicted octanol–water partition coefficient (Wildman–Crippen LogP) is 3.52. The molecule has 0 saturated heterocycles. The van der Waals surface area contributed by atoms with E-state index in [4.69, 9.17) is 11.2 Å². The molecule has 0 fully saturated rings. The van der Waals surface area contributed by atoms with E-state index in [2.05, 4.69) is 26.4 Å². The zero-order valence-corrected chi connectivity index (χ0v) is 15.7. The average molecular weight is 362 g/mol. The molecule has 1 N–H and O–H groups in total. The van der Waals surface area contributed by atoms with Gasteiger partial charge >= 0.3 is 5.97 Å². The summed E-state index contributed by atoms with van der Waals surface area (Å²) in [5.41, 5.74) is -0.216. The van der Waals surface area contributed by atoms with Crippen molar-refractivity contribution in [3.8, 4) is 12.3 Å². The van der Waals surface area contributed by atoms with E-state index < -0.39 is 11.6 Å². The van der Waals surface area contributed by atoms with E-state index in [-0.39, 0.29) is 17.7 Å². The smallest absolute Gasteiger partial charge is 0.350 e. The summed E-state index contributed by atoms with van der Waals surface area (Å²) >= 11 is 1.12. The Labute approximate surface area is 151 Å². The molecule has 0 radical (unpaired) electrons. The van der Waals surface area contributed by atoms with E-state index >= 15 is 0 Å². The molecule has 2 rings (SSSR count). The molecule has 0 atom stereocenters. The fourth-order valence-electron chi connectivity index (χ4n) is 2.28. The number of aromatic nitrogens is 1. The zero-order valence-electron chi connectivity index (χ0n) is 14.9. The van der Waals surface area contributed by atoms with Gasteiger partial charge in [0.1, 0.15) is 4.88 Å². The van der Waals surface area contributed by atoms with Gasteiger partial charge in [-0.1, -0.05) is 32.1 Å². The van der Waals surface area contributed by atoms with E-state index in [1.807, 2.05) is 20.8 Å². The van der Waals surface area contributed by atoms with Crippen LogP contribution in [0.5, 0.6) is 0 Å². The molecule has 134 valence electrons. The van der Waals surface area contributed by atoms with Crippen LogP contribution in [-0.2, 0) is 14.9 Å². The highest BCUT2D eigenvalue weighted by Crippen LogP contribution is 2.38. The van der Waals surface area contributed by atoms with Crippen LogP contribution in [0.3, 0.4) is 0 Å². The number of esters is 1. The van der Waals surface area contributed by atoms with Gasteiger partial charge in [0.25, 0.3) is 0 Å². The maximum Gasteiger partial charge on any atom is 0.350 e. The van der Waals surface area contributed by atoms with Gasteiger partial charge in [-0.15, -0.1) is 12.3 Å². The van der Waals surface area contributed by atoms with Gasteiger partial charge in [-0.3, -0.25) is 4.79 Å². The van der Waals surface area contributed by atoms with Crippen LogP contribution in [-0.4, -0.2) is 29.6 Å². The molecule has 0 bridgehead atoms. The normalized spacial score (nSPS) is 14.7. The number of carbonyl (C=O) groups excluding carboxylic acids is 2. The summed E-state index contributed by atoms with van der Waals surface area (Å²) in [6.45, 7) is 5.85. The lowest BCUT2D eigenvalue weighted by molar-refractivity contribution is -0.116. The van der Waals surface area contributed by atoms with Crippen LogP contribution in [0.1, 0.15) is 61.8 Å². The molecule has 1 aliphatic rings. The van der Waals surface area contributed by atoms with Crippen LogP contribution < -0.4 is 5.32 Å². The van der Waals surface area contributed by atoms with Gasteiger partial charge in [-0.2, -0.15) is 10.2 Å². The molecule has 2 heterocycles. The fourth-order valence-corrected chi connectivity index (χ4v) is 3.39. The Bertz CT molecular complexity index is 734. The molecule has 8 heteroatoms. The van der Waals surface area contributed by atoms with Crippen LogP contribution in [0.2, 0.25) is 0 Å². The van der Waals surface area contributed by atoms with Gasteiger partial charge in [0, 0.05) is 31.1 Å². The van der Waals surface area contributed by atoms with Crippen LogP contribution in [0, 0.1) is 12.3 Å². The van der Waals surface area contributed by atoms with Gasteiger partial charge in [-0.25, -0.2) is 9.78 Å². The number of rotatable bonds is 7. The molecule has 1 aromatic rings. The number of hydrogen-bond donors (Lipinski definition) is 1. The largest absolute Gasteiger partial charge is 0.465 e. The van der Waals surface area contributed by atoms with Crippen molar-refractivity contribution in [1.82, 2.24) is 4.98 Å². The molecule has 0 aliphatic carbocycles. The first kappa shape index (κ1) is 19.1. The summed E-state index contributed by atoms with van der Waals surface area (Å²) in [6.07, 6.45) is 7.27. The van der Waals surface area contributed by atoms with Gasteiger partial charge < -0.3 is 10.1 Å². The summed E-state index contributed by atoms with van der Waals surface area (Å²) < 4.78 is 4.81. The summed E-state index contributed by atoms with van der Waals surface area (Å²) in [5, 5.41) is 11.2. The summed E-state index contributed by atoms with van der Waals surface area (Å²) in [7, 11) is 1.32. The second-order valence-corrected chi connectivity index (χ2v) is 7.87. The number of methoxy groups -OCH3 is 1. The first-order chi connectivity index (χ1) is 11.7. The molecule has 0 saturated carbocycles. The van der Waals surface area contributed by atoms with Crippen molar-refractivity contribution >= 4 is 28.3 Å². The average Bonchev–Trinajstić information content (AvgIpc) is 3.20. The van der Waals surface area contributed by atoms with Crippen molar-refractivity contribution in [3.63, 3.8) is 0 Å². The fraction of sp³-hybridized carbons (Fsp3) is 0.588. The van der Waals surface area contributed by atoms with Crippen molar-refractivity contribution in [3.05, 3.63) is 10.6 Å². The molecule has 25 heavy (non-hydrogen) atoms. The van der Waals surface area contributed by atoms with Crippen molar-refractivity contribution in [2.45, 2.75) is 57.5 Å². The standard InChI is InChI=1S/C17H22N4O3S/c1-6-7-9-17(20-21-17)10-8-11(22)18-15-19-13(16(2,3)4)12(25-15)14(23)24-5/h1H,7-10H2,2-5H3,(H,18,19,22). The number of amides is 1. The number of thiazole rings is 1. The minimum Gasteiger partial charge on any atom is -0.465 e. The maximum absolute atomic E-state index is 12.2. The molecule has 7 nitrogen and oxygen atoms in total. The highest BCUT2D eigenvalue weighted by Gasteiger charge is 2.39. The second-order valence-electron chi connectivity index (χ2n) is 6.87. The number of hydrogen-bond acceptors (Lipinski definition) is 7. The lowest BCUT2D eigenvalue weighted by Crippen LogP contribution is -2.18. The highest BCUT2D eigenvalue weighted by atomic mass is 32.1. The summed E-state index contributed by atoms with van der Waals surface area (Å²) in [6, 6.07) is 0. The van der Waals surface area contributed by atoms with E-state index in [1.54, 1.807) is 0 Å². The molecular formula is C17H22N4O3S. The van der Waals surface area contributed by atoms with Crippen molar-refractivity contribution in [2.75, 3.05) is 12.4 Å². The number of terminal acetylenes is 1. The maximum atomic E-state index is 12.2. The summed E-state index contributed by atoms with van der Waals surface area (Å²) in [4.78, 5) is 28.9. The molecule has 0 aromatic carbocycles. The SMILES string of the molecule is C#CCCC1(CCC(=O)Nc2nc(C(C)(C)C)c(C(=O)OC)s2)N=N1. The quantitative estimate of drug-likeness (QED) is 0.593. The molecular weight excluding hydrogens is 340 g/mol. The number of nitrogens with zero attached hydrogens (tertiary/aromatic N) is 3. The van der Waals surface area contributed by atoms with E-state index in [0.717, 1.165) is 11.3 Å². The van der Waals surface area contributed by atoms with Gasteiger partial charge in [0.2, 0.25) is 5.91 Å². The lowest BCUT2D eigenvalue weighted by Gasteiger charge is -2.16. The Hall–Kier alpha value is -2.27. The van der Waals surface area contributed by atoms with Crippen molar-refractivity contribution in [1.29, 1.82) is 0 Å². The van der Waals surface area contributed by atoms with E-state index in [1.165, 1.54) is 7.11 Å². The monoisotopic (exact) mass is 362 g/mol. The van der Waals surface area contributed by atoms with E-state index in [0.29, 0.717) is 35.0 Å². The van der Waals surface area contributed by atoms with E-state index in [9.17, 15) is 9.59 Å². The minimum absolute atomic E-state index is 0.192. The van der Waals surface area contributed by atoms with Crippen LogP contribution >= 0.6 is 11.3 Å². The third-order valence-corrected chi connectivity index (χ3v) is 4.71. The Morgan fingerprint density at radius 1 is 1.32 bits per heavy atom. The van der Waals surface area contributed by atoms with Gasteiger partial charge in [0.15, 0.2) is 10.8 Å². The van der Waals surface area contributed by atoms with Crippen molar-refractivity contribution in [2.24, 2.45) is 10.2 Å². The Kier molecular flexibility index (Phi) is 5.58. The Morgan fingerprint density at radius 3 is 2.52 bits per heavy atom. The molecule has 1 amide bonds. The van der Waals surface area contributed by atoms with Gasteiger partial charge in [0.05, 0.1) is 12.8 Å². The number of anilines is 1. The van der Waals surface area contributed by atoms with Crippen LogP contribution in [0.25, 0.3) is 0 Å². The number of nitrogens with one attached hydrogen (secondary N) is 1.